The maximum atomic E-state index is 14.4. The summed E-state index contributed by atoms with van der Waals surface area (Å²) in [7, 11) is 0. The summed E-state index contributed by atoms with van der Waals surface area (Å²) < 4.78 is 64.4. The van der Waals surface area contributed by atoms with Crippen LogP contribution >= 0.6 is 11.5 Å². The molecule has 0 spiro atoms. The number of aromatic nitrogens is 1. The number of carbonyl (C=O) groups is 1. The number of benzene rings is 2. The van der Waals surface area contributed by atoms with E-state index in [2.05, 4.69) is 4.37 Å². The molecule has 0 saturated carbocycles. The predicted molar refractivity (Wildman–Crippen MR) is 111 cm³/mol. The van der Waals surface area contributed by atoms with Crippen LogP contribution in [0.25, 0.3) is 11.3 Å². The van der Waals surface area contributed by atoms with Gasteiger partial charge in [-0.3, -0.25) is 0 Å². The van der Waals surface area contributed by atoms with Crippen LogP contribution in [0.15, 0.2) is 42.5 Å². The van der Waals surface area contributed by atoms with Gasteiger partial charge in [0, 0.05) is 17.1 Å². The average molecular weight is 466 g/mol. The van der Waals surface area contributed by atoms with Gasteiger partial charge in [0.25, 0.3) is 0 Å². The molecular weight excluding hydrogens is 446 g/mol. The summed E-state index contributed by atoms with van der Waals surface area (Å²) in [5.41, 5.74) is 1.94. The first kappa shape index (κ1) is 23.7. The maximum absolute atomic E-state index is 14.4. The summed E-state index contributed by atoms with van der Waals surface area (Å²) in [4.78, 5) is 9.96. The molecular formula is C23H20F4NO3S-. The van der Waals surface area contributed by atoms with E-state index >= 15 is 0 Å². The van der Waals surface area contributed by atoms with Gasteiger partial charge in [0.15, 0.2) is 11.6 Å². The number of alkyl halides is 3. The SMILES string of the molecule is CCc1ccc(-c2nsc(C(F)(F)F)c2COc2ccc(CC(C)C(=O)[O-])cc2F)cc1. The van der Waals surface area contributed by atoms with Crippen LogP contribution in [0.5, 0.6) is 5.75 Å². The van der Waals surface area contributed by atoms with Crippen LogP contribution in [0.4, 0.5) is 17.6 Å². The Morgan fingerprint density at radius 2 is 1.81 bits per heavy atom. The monoisotopic (exact) mass is 466 g/mol. The molecule has 0 radical (unpaired) electrons. The molecule has 0 amide bonds. The second-order valence-corrected chi connectivity index (χ2v) is 8.14. The fourth-order valence-corrected chi connectivity index (χ4v) is 3.93. The van der Waals surface area contributed by atoms with Gasteiger partial charge in [0.1, 0.15) is 11.5 Å². The molecule has 4 nitrogen and oxygen atoms in total. The van der Waals surface area contributed by atoms with Crippen LogP contribution in [0.3, 0.4) is 0 Å². The number of aryl methyl sites for hydroxylation is 1. The van der Waals surface area contributed by atoms with E-state index in [0.29, 0.717) is 22.7 Å². The number of rotatable bonds is 8. The Bertz CT molecular complexity index is 1090. The molecule has 32 heavy (non-hydrogen) atoms. The van der Waals surface area contributed by atoms with Crippen LogP contribution in [0.2, 0.25) is 0 Å². The lowest BCUT2D eigenvalue weighted by atomic mass is 10.0. The van der Waals surface area contributed by atoms with Gasteiger partial charge in [0.05, 0.1) is 5.69 Å². The molecule has 0 N–H and O–H groups in total. The highest BCUT2D eigenvalue weighted by atomic mass is 32.1. The minimum Gasteiger partial charge on any atom is -0.550 e. The first-order valence-corrected chi connectivity index (χ1v) is 10.6. The zero-order valence-corrected chi connectivity index (χ0v) is 18.1. The molecule has 0 saturated heterocycles. The summed E-state index contributed by atoms with van der Waals surface area (Å²) in [5, 5.41) is 10.9. The van der Waals surface area contributed by atoms with Crippen molar-refractivity contribution in [3.8, 4) is 17.0 Å². The topological polar surface area (TPSA) is 62.2 Å². The van der Waals surface area contributed by atoms with Gasteiger partial charge >= 0.3 is 6.18 Å². The third-order valence-corrected chi connectivity index (χ3v) is 5.93. The molecule has 0 aliphatic heterocycles. The number of aliphatic carboxylic acids is 1. The Morgan fingerprint density at radius 3 is 2.38 bits per heavy atom. The molecule has 3 rings (SSSR count). The number of nitrogens with zero attached hydrogens (tertiary/aromatic N) is 1. The summed E-state index contributed by atoms with van der Waals surface area (Å²) in [6, 6.07) is 10.9. The van der Waals surface area contributed by atoms with E-state index < -0.39 is 35.4 Å². The normalized spacial score (nSPS) is 12.6. The van der Waals surface area contributed by atoms with Crippen molar-refractivity contribution in [2.75, 3.05) is 0 Å². The van der Waals surface area contributed by atoms with Gasteiger partial charge in [-0.15, -0.1) is 0 Å². The smallest absolute Gasteiger partial charge is 0.427 e. The van der Waals surface area contributed by atoms with Crippen molar-refractivity contribution in [2.45, 2.75) is 39.5 Å². The highest BCUT2D eigenvalue weighted by molar-refractivity contribution is 7.06. The molecule has 1 heterocycles. The number of carbonyl (C=O) groups excluding carboxylic acids is 1. The summed E-state index contributed by atoms with van der Waals surface area (Å²) in [5.74, 6) is -3.09. The van der Waals surface area contributed by atoms with E-state index in [9.17, 15) is 27.5 Å². The molecule has 1 aromatic heterocycles. The second kappa shape index (κ2) is 9.68. The van der Waals surface area contributed by atoms with E-state index in [1.807, 2.05) is 19.1 Å². The molecule has 9 heteroatoms. The van der Waals surface area contributed by atoms with Crippen molar-refractivity contribution in [3.63, 3.8) is 0 Å². The fraction of sp³-hybridized carbons (Fsp3) is 0.304. The molecule has 0 fully saturated rings. The van der Waals surface area contributed by atoms with Crippen LogP contribution in [0.1, 0.15) is 35.4 Å². The van der Waals surface area contributed by atoms with Gasteiger partial charge in [-0.25, -0.2) is 4.39 Å². The Morgan fingerprint density at radius 1 is 1.16 bits per heavy atom. The molecule has 1 atom stereocenters. The Hall–Kier alpha value is -2.94. The standard InChI is InChI=1S/C23H21F4NO3S/c1-3-14-4-7-16(8-5-14)20-17(21(32-28-20)23(25,26)27)12-31-19-9-6-15(11-18(19)24)10-13(2)22(29)30/h4-9,11,13H,3,10,12H2,1-2H3,(H,29,30)/p-1. The number of ether oxygens (including phenoxy) is 1. The van der Waals surface area contributed by atoms with Gasteiger partial charge in [-0.05, 0) is 53.6 Å². The van der Waals surface area contributed by atoms with Crippen LogP contribution in [-0.4, -0.2) is 10.3 Å². The lowest BCUT2D eigenvalue weighted by Crippen LogP contribution is -2.30. The Kier molecular flexibility index (Phi) is 7.18. The lowest BCUT2D eigenvalue weighted by molar-refractivity contribution is -0.310. The van der Waals surface area contributed by atoms with Crippen molar-refractivity contribution >= 4 is 17.5 Å². The number of halogens is 4. The quantitative estimate of drug-likeness (QED) is 0.437. The zero-order chi connectivity index (χ0) is 23.5. The van der Waals surface area contributed by atoms with Crippen LogP contribution in [-0.2, 0) is 30.4 Å². The molecule has 0 bridgehead atoms. The number of carboxylic acids is 1. The molecule has 0 aliphatic carbocycles. The average Bonchev–Trinajstić information content (AvgIpc) is 3.17. The first-order chi connectivity index (χ1) is 15.1. The van der Waals surface area contributed by atoms with E-state index in [0.717, 1.165) is 18.1 Å². The van der Waals surface area contributed by atoms with Crippen molar-refractivity contribution < 1.29 is 32.2 Å². The molecule has 2 aromatic carbocycles. The van der Waals surface area contributed by atoms with E-state index in [1.165, 1.54) is 19.1 Å². The lowest BCUT2D eigenvalue weighted by Gasteiger charge is -2.14. The highest BCUT2D eigenvalue weighted by Crippen LogP contribution is 2.40. The Balaban J connectivity index is 1.86. The second-order valence-electron chi connectivity index (χ2n) is 7.36. The molecule has 1 unspecified atom stereocenters. The highest BCUT2D eigenvalue weighted by Gasteiger charge is 2.38. The molecule has 170 valence electrons. The summed E-state index contributed by atoms with van der Waals surface area (Å²) in [6.07, 6.45) is -3.77. The van der Waals surface area contributed by atoms with E-state index in [1.54, 1.807) is 12.1 Å². The van der Waals surface area contributed by atoms with Crippen LogP contribution < -0.4 is 9.84 Å². The van der Waals surface area contributed by atoms with Gasteiger partial charge < -0.3 is 14.6 Å². The first-order valence-electron chi connectivity index (χ1n) is 9.87. The molecule has 0 aliphatic rings. The van der Waals surface area contributed by atoms with E-state index in [-0.39, 0.29) is 23.4 Å². The molecule has 3 aromatic rings. The van der Waals surface area contributed by atoms with Gasteiger partial charge in [0.2, 0.25) is 0 Å². The van der Waals surface area contributed by atoms with E-state index in [4.69, 9.17) is 4.74 Å². The largest absolute Gasteiger partial charge is 0.550 e. The third-order valence-electron chi connectivity index (χ3n) is 4.99. The van der Waals surface area contributed by atoms with Crippen molar-refractivity contribution in [2.24, 2.45) is 5.92 Å². The van der Waals surface area contributed by atoms with Crippen LogP contribution in [0, 0.1) is 11.7 Å². The minimum atomic E-state index is -4.62. The van der Waals surface area contributed by atoms with Gasteiger partial charge in [-0.1, -0.05) is 44.2 Å². The van der Waals surface area contributed by atoms with Crippen molar-refractivity contribution in [3.05, 3.63) is 69.8 Å². The predicted octanol–water partition coefficient (Wildman–Crippen LogP) is 5.04. The third kappa shape index (κ3) is 5.45. The summed E-state index contributed by atoms with van der Waals surface area (Å²) in [6.45, 7) is 2.88. The fourth-order valence-electron chi connectivity index (χ4n) is 3.17. The Labute approximate surface area is 186 Å². The van der Waals surface area contributed by atoms with Crippen molar-refractivity contribution in [1.82, 2.24) is 4.37 Å². The minimum absolute atomic E-state index is 0.0596. The summed E-state index contributed by atoms with van der Waals surface area (Å²) >= 11 is 0.329. The van der Waals surface area contributed by atoms with Gasteiger partial charge in [-0.2, -0.15) is 17.5 Å². The zero-order valence-electron chi connectivity index (χ0n) is 17.3. The number of hydrogen-bond acceptors (Lipinski definition) is 5. The maximum Gasteiger partial charge on any atom is 0.427 e. The number of hydrogen-bond donors (Lipinski definition) is 0. The number of carboxylic acid groups (broad SMARTS) is 1. The van der Waals surface area contributed by atoms with Crippen molar-refractivity contribution in [1.29, 1.82) is 0 Å².